The Hall–Kier alpha value is -2.81. The number of anilines is 1. The van der Waals surface area contributed by atoms with Gasteiger partial charge in [-0.25, -0.2) is 4.68 Å². The molecule has 0 atom stereocenters. The summed E-state index contributed by atoms with van der Waals surface area (Å²) in [7, 11) is 1.80. The minimum atomic E-state index is 0. The molecule has 0 spiro atoms. The smallest absolute Gasteiger partial charge is 0.191 e. The molecule has 1 aliphatic rings. The molecular weight excluding hydrogens is 511 g/mol. The van der Waals surface area contributed by atoms with E-state index >= 15 is 0 Å². The van der Waals surface area contributed by atoms with Crippen molar-refractivity contribution >= 4 is 35.6 Å². The molecule has 0 aliphatic carbocycles. The lowest BCUT2D eigenvalue weighted by Gasteiger charge is -2.19. The Balaban J connectivity index is 0.00000289. The fourth-order valence-corrected chi connectivity index (χ4v) is 3.88. The van der Waals surface area contributed by atoms with E-state index in [0.29, 0.717) is 13.1 Å². The van der Waals surface area contributed by atoms with E-state index in [4.69, 9.17) is 0 Å². The molecule has 2 N–H and O–H groups in total. The number of aromatic nitrogens is 2. The minimum absolute atomic E-state index is 0. The molecule has 0 radical (unpaired) electrons. The van der Waals surface area contributed by atoms with E-state index in [1.807, 2.05) is 17.7 Å². The Kier molecular flexibility index (Phi) is 8.33. The van der Waals surface area contributed by atoms with Gasteiger partial charge in [0.2, 0.25) is 0 Å². The molecule has 0 unspecified atom stereocenters. The van der Waals surface area contributed by atoms with Crippen LogP contribution in [0.1, 0.15) is 22.5 Å². The Morgan fingerprint density at radius 3 is 2.44 bits per heavy atom. The first-order chi connectivity index (χ1) is 15.1. The van der Waals surface area contributed by atoms with Gasteiger partial charge in [-0.3, -0.25) is 4.99 Å². The van der Waals surface area contributed by atoms with Gasteiger partial charge in [0.25, 0.3) is 0 Å². The van der Waals surface area contributed by atoms with Gasteiger partial charge >= 0.3 is 0 Å². The molecule has 3 aromatic rings. The highest BCUT2D eigenvalue weighted by Gasteiger charge is 2.10. The maximum absolute atomic E-state index is 4.64. The van der Waals surface area contributed by atoms with Crippen molar-refractivity contribution in [2.24, 2.45) is 4.99 Å². The quantitative estimate of drug-likeness (QED) is 0.211. The van der Waals surface area contributed by atoms with Gasteiger partial charge in [0, 0.05) is 44.6 Å². The molecule has 1 aliphatic heterocycles. The average molecular weight is 542 g/mol. The first kappa shape index (κ1) is 23.8. The molecule has 0 saturated carbocycles. The van der Waals surface area contributed by atoms with Crippen molar-refractivity contribution in [2.45, 2.75) is 26.9 Å². The average Bonchev–Trinajstić information content (AvgIpc) is 3.44. The maximum Gasteiger partial charge on any atom is 0.191 e. The van der Waals surface area contributed by atoms with Gasteiger partial charge in [0.05, 0.1) is 11.4 Å². The van der Waals surface area contributed by atoms with Gasteiger partial charge in [-0.15, -0.1) is 24.0 Å². The standard InChI is InChI=1S/C25H30N6.HI/c1-19-15-20(2)31(29-19)24-12-5-4-10-22(24)18-28-25(26-3)27-17-21-9-8-11-23(16-21)30-13-6-7-14-30;/h4-12,15-16H,13-14,17-18H2,1-3H3,(H2,26,27,28);1H. The number of aryl methyl sites for hydroxylation is 2. The van der Waals surface area contributed by atoms with Crippen LogP contribution in [0.4, 0.5) is 5.69 Å². The normalized spacial score (nSPS) is 13.2. The zero-order valence-corrected chi connectivity index (χ0v) is 21.2. The summed E-state index contributed by atoms with van der Waals surface area (Å²) in [6.45, 7) is 7.44. The molecule has 0 fully saturated rings. The van der Waals surface area contributed by atoms with Crippen LogP contribution in [0, 0.1) is 13.8 Å². The van der Waals surface area contributed by atoms with E-state index in [2.05, 4.69) is 93.2 Å². The first-order valence-corrected chi connectivity index (χ1v) is 10.7. The van der Waals surface area contributed by atoms with Crippen molar-refractivity contribution in [2.75, 3.05) is 25.0 Å². The van der Waals surface area contributed by atoms with Gasteiger partial charge < -0.3 is 15.5 Å². The Labute approximate surface area is 207 Å². The fourth-order valence-electron chi connectivity index (χ4n) is 3.88. The summed E-state index contributed by atoms with van der Waals surface area (Å²) in [5.74, 6) is 0.774. The van der Waals surface area contributed by atoms with Crippen molar-refractivity contribution in [3.8, 4) is 5.69 Å². The molecule has 1 aromatic heterocycles. The summed E-state index contributed by atoms with van der Waals surface area (Å²) >= 11 is 0. The van der Waals surface area contributed by atoms with Gasteiger partial charge in [0.15, 0.2) is 5.96 Å². The monoisotopic (exact) mass is 542 g/mol. The summed E-state index contributed by atoms with van der Waals surface area (Å²) in [6, 6.07) is 19.1. The van der Waals surface area contributed by atoms with Crippen LogP contribution in [-0.2, 0) is 13.1 Å². The van der Waals surface area contributed by atoms with Crippen LogP contribution in [0.3, 0.4) is 0 Å². The molecule has 4 rings (SSSR count). The van der Waals surface area contributed by atoms with Gasteiger partial charge in [0.1, 0.15) is 0 Å². The highest BCUT2D eigenvalue weighted by molar-refractivity contribution is 14.0. The highest BCUT2D eigenvalue weighted by atomic mass is 127. The second-order valence-electron chi connectivity index (χ2n) is 7.79. The number of hydrogen-bond donors (Lipinski definition) is 2. The summed E-state index contributed by atoms with van der Waals surface area (Å²) in [5.41, 5.74) is 6.88. The van der Waals surface area contributed by atoms with Crippen molar-refractivity contribution in [1.82, 2.24) is 20.4 Å². The lowest BCUT2D eigenvalue weighted by Crippen LogP contribution is -2.36. The summed E-state index contributed by atoms with van der Waals surface area (Å²) < 4.78 is 2.00. The predicted octanol–water partition coefficient (Wildman–Crippen LogP) is 4.35. The molecule has 0 bridgehead atoms. The third-order valence-corrected chi connectivity index (χ3v) is 5.45. The van der Waals surface area contributed by atoms with Crippen molar-refractivity contribution in [1.29, 1.82) is 0 Å². The summed E-state index contributed by atoms with van der Waals surface area (Å²) in [5, 5.41) is 11.5. The molecule has 6 nitrogen and oxygen atoms in total. The van der Waals surface area contributed by atoms with Crippen molar-refractivity contribution in [3.63, 3.8) is 0 Å². The Morgan fingerprint density at radius 1 is 0.969 bits per heavy atom. The van der Waals surface area contributed by atoms with Crippen LogP contribution >= 0.6 is 24.0 Å². The first-order valence-electron chi connectivity index (χ1n) is 10.7. The van der Waals surface area contributed by atoms with Gasteiger partial charge in [-0.1, -0.05) is 42.5 Å². The number of nitrogens with zero attached hydrogens (tertiary/aromatic N) is 4. The van der Waals surface area contributed by atoms with Crippen molar-refractivity contribution in [3.05, 3.63) is 89.3 Å². The van der Waals surface area contributed by atoms with Crippen LogP contribution < -0.4 is 15.5 Å². The third kappa shape index (κ3) is 5.70. The van der Waals surface area contributed by atoms with Crippen LogP contribution in [-0.4, -0.2) is 35.9 Å². The molecular formula is C25H31IN6. The number of benzene rings is 2. The Bertz CT molecular complexity index is 1090. The zero-order chi connectivity index (χ0) is 21.6. The topological polar surface area (TPSA) is 57.5 Å². The number of aliphatic imine (C=N–C) groups is 1. The number of guanidine groups is 1. The molecule has 7 heteroatoms. The number of rotatable bonds is 6. The van der Waals surface area contributed by atoms with Crippen LogP contribution in [0.5, 0.6) is 0 Å². The lowest BCUT2D eigenvalue weighted by molar-refractivity contribution is 0.781. The molecule has 0 saturated heterocycles. The molecule has 0 amide bonds. The second kappa shape index (κ2) is 11.2. The molecule has 2 heterocycles. The van der Waals surface area contributed by atoms with E-state index in [1.54, 1.807) is 7.05 Å². The molecule has 168 valence electrons. The predicted molar refractivity (Wildman–Crippen MR) is 143 cm³/mol. The number of hydrogen-bond acceptors (Lipinski definition) is 3. The van der Waals surface area contributed by atoms with Crippen molar-refractivity contribution < 1.29 is 0 Å². The number of para-hydroxylation sites is 1. The summed E-state index contributed by atoms with van der Waals surface area (Å²) in [6.07, 6.45) is 4.42. The largest absolute Gasteiger partial charge is 0.364 e. The highest BCUT2D eigenvalue weighted by Crippen LogP contribution is 2.19. The fraction of sp³-hybridized carbons (Fsp3) is 0.280. The molecule has 32 heavy (non-hydrogen) atoms. The van der Waals surface area contributed by atoms with E-state index in [1.165, 1.54) is 16.8 Å². The zero-order valence-electron chi connectivity index (χ0n) is 18.9. The molecule has 2 aromatic carbocycles. The Morgan fingerprint density at radius 2 is 1.72 bits per heavy atom. The summed E-state index contributed by atoms with van der Waals surface area (Å²) in [4.78, 5) is 6.75. The number of nitrogens with one attached hydrogen (secondary N) is 2. The van der Waals surface area contributed by atoms with Crippen LogP contribution in [0.2, 0.25) is 0 Å². The van der Waals surface area contributed by atoms with E-state index in [-0.39, 0.29) is 24.0 Å². The van der Waals surface area contributed by atoms with Crippen LogP contribution in [0.15, 0.2) is 71.7 Å². The van der Waals surface area contributed by atoms with Gasteiger partial charge in [-0.2, -0.15) is 5.10 Å². The second-order valence-corrected chi connectivity index (χ2v) is 7.79. The SMILES string of the molecule is CN=C(NCc1cccc(N2CC=CC2)c1)NCc1ccccc1-n1nc(C)cc1C.I. The van der Waals surface area contributed by atoms with Crippen LogP contribution in [0.25, 0.3) is 5.69 Å². The van der Waals surface area contributed by atoms with E-state index in [0.717, 1.165) is 36.1 Å². The minimum Gasteiger partial charge on any atom is -0.364 e. The third-order valence-electron chi connectivity index (χ3n) is 5.45. The lowest BCUT2D eigenvalue weighted by atomic mass is 10.1. The van der Waals surface area contributed by atoms with Gasteiger partial charge in [-0.05, 0) is 49.2 Å². The number of halogens is 1. The van der Waals surface area contributed by atoms with E-state index < -0.39 is 0 Å². The maximum atomic E-state index is 4.64. The van der Waals surface area contributed by atoms with E-state index in [9.17, 15) is 0 Å².